The molecule has 1 aliphatic rings. The summed E-state index contributed by atoms with van der Waals surface area (Å²) >= 11 is 0. The smallest absolute Gasteiger partial charge is 0.360 e. The molecule has 1 saturated heterocycles. The van der Waals surface area contributed by atoms with Crippen LogP contribution in [0.5, 0.6) is 0 Å². The molecule has 0 radical (unpaired) electrons. The SMILES string of the molecule is C[SiH](C1CCCCO1)C(F)(F)F. The lowest BCUT2D eigenvalue weighted by molar-refractivity contribution is -0.0623. The van der Waals surface area contributed by atoms with Gasteiger partial charge in [0.2, 0.25) is 0 Å². The van der Waals surface area contributed by atoms with E-state index in [0.29, 0.717) is 13.0 Å². The van der Waals surface area contributed by atoms with Gasteiger partial charge in [-0.05, 0) is 19.3 Å². The summed E-state index contributed by atoms with van der Waals surface area (Å²) < 4.78 is 41.8. The minimum absolute atomic E-state index is 0.473. The van der Waals surface area contributed by atoms with E-state index >= 15 is 0 Å². The minimum Gasteiger partial charge on any atom is -0.382 e. The van der Waals surface area contributed by atoms with Gasteiger partial charge in [0, 0.05) is 6.61 Å². The lowest BCUT2D eigenvalue weighted by atomic mass is 10.2. The van der Waals surface area contributed by atoms with Crippen LogP contribution in [0.25, 0.3) is 0 Å². The number of alkyl halides is 3. The molecule has 1 nitrogen and oxygen atoms in total. The Morgan fingerprint density at radius 3 is 2.42 bits per heavy atom. The van der Waals surface area contributed by atoms with E-state index in [1.165, 1.54) is 6.55 Å². The maximum absolute atomic E-state index is 12.2. The van der Waals surface area contributed by atoms with Gasteiger partial charge in [0.05, 0.1) is 5.73 Å². The van der Waals surface area contributed by atoms with Crippen LogP contribution in [0.1, 0.15) is 19.3 Å². The number of rotatable bonds is 1. The fourth-order valence-electron chi connectivity index (χ4n) is 1.37. The third kappa shape index (κ3) is 2.48. The highest BCUT2D eigenvalue weighted by Gasteiger charge is 2.43. The molecule has 1 aliphatic heterocycles. The van der Waals surface area contributed by atoms with Crippen molar-refractivity contribution in [3.05, 3.63) is 0 Å². The standard InChI is InChI=1S/C7H13F3OSi/c1-12(7(8,9)10)6-4-2-3-5-11-6/h6,12H,2-5H2,1H3. The first-order valence-corrected chi connectivity index (χ1v) is 6.60. The molecule has 1 fully saturated rings. The first-order valence-electron chi connectivity index (χ1n) is 4.20. The zero-order chi connectivity index (χ0) is 9.19. The Hall–Kier alpha value is -0.0331. The summed E-state index contributed by atoms with van der Waals surface area (Å²) in [5, 5.41) is 0. The lowest BCUT2D eigenvalue weighted by Crippen LogP contribution is -2.45. The van der Waals surface area contributed by atoms with E-state index in [-0.39, 0.29) is 0 Å². The fourth-order valence-corrected chi connectivity index (χ4v) is 2.95. The number of ether oxygens (including phenoxy) is 1. The second-order valence-electron chi connectivity index (χ2n) is 3.24. The fraction of sp³-hybridized carbons (Fsp3) is 1.00. The molecule has 0 aromatic rings. The summed E-state index contributed by atoms with van der Waals surface area (Å²) in [7, 11) is -2.69. The zero-order valence-corrected chi connectivity index (χ0v) is 8.18. The third-order valence-corrected chi connectivity index (χ3v) is 4.96. The van der Waals surface area contributed by atoms with Crippen LogP contribution in [0.4, 0.5) is 13.2 Å². The summed E-state index contributed by atoms with van der Waals surface area (Å²) in [4.78, 5) is 0. The summed E-state index contributed by atoms with van der Waals surface area (Å²) in [6.45, 7) is 1.84. The van der Waals surface area contributed by atoms with Crippen LogP contribution >= 0.6 is 0 Å². The van der Waals surface area contributed by atoms with Gasteiger partial charge in [0.15, 0.2) is 8.80 Å². The monoisotopic (exact) mass is 198 g/mol. The van der Waals surface area contributed by atoms with Gasteiger partial charge in [-0.25, -0.2) is 0 Å². The van der Waals surface area contributed by atoms with Crippen molar-refractivity contribution in [1.29, 1.82) is 0 Å². The predicted molar refractivity (Wildman–Crippen MR) is 42.7 cm³/mol. The van der Waals surface area contributed by atoms with Crippen LogP contribution in [0.15, 0.2) is 0 Å². The molecular formula is C7H13F3OSi. The molecule has 0 aromatic carbocycles. The van der Waals surface area contributed by atoms with Gasteiger partial charge in [-0.1, -0.05) is 6.55 Å². The Kier molecular flexibility index (Phi) is 3.17. The highest BCUT2D eigenvalue weighted by atomic mass is 28.3. The molecule has 0 saturated carbocycles. The number of hydrogen-bond acceptors (Lipinski definition) is 1. The molecule has 12 heavy (non-hydrogen) atoms. The molecule has 72 valence electrons. The summed E-state index contributed by atoms with van der Waals surface area (Å²) in [6, 6.07) is 0. The molecule has 1 heterocycles. The van der Waals surface area contributed by atoms with Gasteiger partial charge < -0.3 is 4.74 Å². The van der Waals surface area contributed by atoms with Gasteiger partial charge in [0.25, 0.3) is 0 Å². The number of halogens is 3. The van der Waals surface area contributed by atoms with Crippen LogP contribution in [-0.4, -0.2) is 26.9 Å². The molecule has 0 aliphatic carbocycles. The largest absolute Gasteiger partial charge is 0.382 e. The maximum Gasteiger partial charge on any atom is 0.360 e. The first-order chi connectivity index (χ1) is 5.52. The van der Waals surface area contributed by atoms with E-state index in [1.54, 1.807) is 0 Å². The molecule has 0 amide bonds. The Balaban J connectivity index is 2.45. The molecule has 5 heteroatoms. The normalized spacial score (nSPS) is 28.5. The second-order valence-corrected chi connectivity index (χ2v) is 6.21. The summed E-state index contributed by atoms with van der Waals surface area (Å²) in [5.74, 6) is -3.97. The molecule has 1 rings (SSSR count). The van der Waals surface area contributed by atoms with Crippen molar-refractivity contribution in [2.24, 2.45) is 0 Å². The Bertz CT molecular complexity index is 142. The van der Waals surface area contributed by atoms with Crippen molar-refractivity contribution in [1.82, 2.24) is 0 Å². The molecule has 2 atom stereocenters. The van der Waals surface area contributed by atoms with Crippen molar-refractivity contribution in [3.8, 4) is 0 Å². The quantitative estimate of drug-likeness (QED) is 0.586. The van der Waals surface area contributed by atoms with Crippen molar-refractivity contribution in [2.45, 2.75) is 37.3 Å². The highest BCUT2D eigenvalue weighted by Crippen LogP contribution is 2.26. The Morgan fingerprint density at radius 1 is 1.33 bits per heavy atom. The molecule has 0 aromatic heterocycles. The van der Waals surface area contributed by atoms with Crippen molar-refractivity contribution < 1.29 is 17.9 Å². The average Bonchev–Trinajstić information content (AvgIpc) is 2.03. The van der Waals surface area contributed by atoms with Crippen LogP contribution in [0.2, 0.25) is 6.55 Å². The Labute approximate surface area is 71.5 Å². The van der Waals surface area contributed by atoms with Gasteiger partial charge in [-0.3, -0.25) is 0 Å². The van der Waals surface area contributed by atoms with Gasteiger partial charge in [-0.15, -0.1) is 0 Å². The van der Waals surface area contributed by atoms with Gasteiger partial charge in [0.1, 0.15) is 0 Å². The van der Waals surface area contributed by atoms with Crippen molar-refractivity contribution >= 4 is 8.80 Å². The van der Waals surface area contributed by atoms with Gasteiger partial charge >= 0.3 is 5.80 Å². The second kappa shape index (κ2) is 3.78. The van der Waals surface area contributed by atoms with Crippen molar-refractivity contribution in [2.75, 3.05) is 6.61 Å². The van der Waals surface area contributed by atoms with E-state index in [0.717, 1.165) is 12.8 Å². The number of hydrogen-bond donors (Lipinski definition) is 0. The van der Waals surface area contributed by atoms with Crippen LogP contribution in [-0.2, 0) is 4.74 Å². The Morgan fingerprint density at radius 2 is 2.00 bits per heavy atom. The minimum atomic E-state index is -3.97. The predicted octanol–water partition coefficient (Wildman–Crippen LogP) is 2.05. The highest BCUT2D eigenvalue weighted by molar-refractivity contribution is 6.60. The van der Waals surface area contributed by atoms with E-state index in [1.807, 2.05) is 0 Å². The first kappa shape index (κ1) is 10.1. The molecule has 0 bridgehead atoms. The third-order valence-electron chi connectivity index (χ3n) is 2.29. The molecule has 2 unspecified atom stereocenters. The topological polar surface area (TPSA) is 9.23 Å². The molecule has 0 N–H and O–H groups in total. The van der Waals surface area contributed by atoms with Crippen LogP contribution in [0.3, 0.4) is 0 Å². The summed E-state index contributed by atoms with van der Waals surface area (Å²) in [6.07, 6.45) is 2.40. The molecule has 0 spiro atoms. The molecular weight excluding hydrogens is 185 g/mol. The van der Waals surface area contributed by atoms with E-state index in [9.17, 15) is 13.2 Å². The van der Waals surface area contributed by atoms with E-state index < -0.39 is 20.3 Å². The van der Waals surface area contributed by atoms with Crippen molar-refractivity contribution in [3.63, 3.8) is 0 Å². The summed E-state index contributed by atoms with van der Waals surface area (Å²) in [5.41, 5.74) is -0.473. The van der Waals surface area contributed by atoms with Crippen LogP contribution in [0, 0.1) is 0 Å². The van der Waals surface area contributed by atoms with Gasteiger partial charge in [-0.2, -0.15) is 13.2 Å². The zero-order valence-electron chi connectivity index (χ0n) is 7.03. The van der Waals surface area contributed by atoms with E-state index in [2.05, 4.69) is 0 Å². The van der Waals surface area contributed by atoms with Crippen LogP contribution < -0.4 is 0 Å². The lowest BCUT2D eigenvalue weighted by Gasteiger charge is -2.28. The van der Waals surface area contributed by atoms with E-state index in [4.69, 9.17) is 4.74 Å². The maximum atomic E-state index is 12.2. The average molecular weight is 198 g/mol.